The van der Waals surface area contributed by atoms with Crippen LogP contribution in [0.3, 0.4) is 0 Å². The Morgan fingerprint density at radius 3 is 2.60 bits per heavy atom. The highest BCUT2D eigenvalue weighted by molar-refractivity contribution is 5.80. The second kappa shape index (κ2) is 6.18. The molecule has 3 aromatic rings. The van der Waals surface area contributed by atoms with E-state index in [2.05, 4.69) is 11.1 Å². The highest BCUT2D eigenvalue weighted by Crippen LogP contribution is 2.30. The lowest BCUT2D eigenvalue weighted by Crippen LogP contribution is -2.23. The summed E-state index contributed by atoms with van der Waals surface area (Å²) in [6.07, 6.45) is 0.393. The van der Waals surface area contributed by atoms with E-state index < -0.39 is 5.41 Å². The second-order valence-corrected chi connectivity index (χ2v) is 6.84. The Morgan fingerprint density at radius 1 is 1.16 bits per heavy atom. The quantitative estimate of drug-likeness (QED) is 0.776. The van der Waals surface area contributed by atoms with Gasteiger partial charge in [-0.1, -0.05) is 18.2 Å². The maximum Gasteiger partial charge on any atom is 0.251 e. The fourth-order valence-electron chi connectivity index (χ4n) is 3.18. The van der Waals surface area contributed by atoms with Crippen LogP contribution in [-0.2, 0) is 11.8 Å². The van der Waals surface area contributed by atoms with Gasteiger partial charge in [-0.25, -0.2) is 4.39 Å². The minimum Gasteiger partial charge on any atom is -0.322 e. The number of H-pyrrole nitrogens is 1. The van der Waals surface area contributed by atoms with Crippen molar-refractivity contribution in [2.75, 3.05) is 0 Å². The predicted molar refractivity (Wildman–Crippen MR) is 97.1 cm³/mol. The molecule has 1 N–H and O–H groups in total. The topological polar surface area (TPSA) is 56.6 Å². The van der Waals surface area contributed by atoms with Gasteiger partial charge in [0.25, 0.3) is 5.56 Å². The summed E-state index contributed by atoms with van der Waals surface area (Å²) in [7, 11) is 0. The molecule has 1 atom stereocenters. The molecular weight excluding hydrogens is 315 g/mol. The monoisotopic (exact) mass is 334 g/mol. The number of nitrogens with zero attached hydrogens (tertiary/aromatic N) is 1. The summed E-state index contributed by atoms with van der Waals surface area (Å²) < 4.78 is 13.7. The summed E-state index contributed by atoms with van der Waals surface area (Å²) in [6.45, 7) is 5.43. The molecule has 2 aromatic carbocycles. The van der Waals surface area contributed by atoms with E-state index in [1.165, 1.54) is 12.1 Å². The van der Waals surface area contributed by atoms with Gasteiger partial charge in [-0.3, -0.25) is 4.79 Å². The first kappa shape index (κ1) is 16.9. The molecular formula is C21H19FN2O. The smallest absolute Gasteiger partial charge is 0.251 e. The van der Waals surface area contributed by atoms with Crippen molar-refractivity contribution in [1.82, 2.24) is 4.98 Å². The molecule has 1 aromatic heterocycles. The third-order valence-electron chi connectivity index (χ3n) is 4.58. The zero-order valence-corrected chi connectivity index (χ0v) is 14.5. The van der Waals surface area contributed by atoms with Crippen LogP contribution in [0.2, 0.25) is 0 Å². The third kappa shape index (κ3) is 3.32. The maximum atomic E-state index is 13.7. The fourth-order valence-corrected chi connectivity index (χ4v) is 3.18. The van der Waals surface area contributed by atoms with Gasteiger partial charge in [0.15, 0.2) is 0 Å². The van der Waals surface area contributed by atoms with Gasteiger partial charge in [-0.05, 0) is 73.5 Å². The van der Waals surface area contributed by atoms with Crippen molar-refractivity contribution in [3.8, 4) is 6.07 Å². The average Bonchev–Trinajstić information content (AvgIpc) is 2.54. The number of pyridine rings is 1. The number of fused-ring (bicyclic) bond motifs is 1. The first-order valence-corrected chi connectivity index (χ1v) is 8.12. The Hall–Kier alpha value is -2.93. The molecule has 0 aliphatic heterocycles. The van der Waals surface area contributed by atoms with Crippen molar-refractivity contribution in [2.45, 2.75) is 32.6 Å². The van der Waals surface area contributed by atoms with Gasteiger partial charge >= 0.3 is 0 Å². The lowest BCUT2D eigenvalue weighted by Gasteiger charge is -2.23. The molecule has 0 saturated carbocycles. The largest absolute Gasteiger partial charge is 0.322 e. The maximum absolute atomic E-state index is 13.7. The number of nitrogens with one attached hydrogen (secondary N) is 1. The molecule has 0 radical (unpaired) electrons. The number of benzene rings is 2. The highest BCUT2D eigenvalue weighted by atomic mass is 19.1. The highest BCUT2D eigenvalue weighted by Gasteiger charge is 2.27. The Morgan fingerprint density at radius 2 is 1.92 bits per heavy atom. The van der Waals surface area contributed by atoms with E-state index in [0.717, 1.165) is 22.1 Å². The summed E-state index contributed by atoms with van der Waals surface area (Å²) in [5.74, 6) is -0.298. The van der Waals surface area contributed by atoms with Gasteiger partial charge in [-0.2, -0.15) is 5.26 Å². The molecule has 1 heterocycles. The molecule has 3 nitrogen and oxygen atoms in total. The molecule has 0 aliphatic rings. The number of hydrogen-bond donors (Lipinski definition) is 1. The van der Waals surface area contributed by atoms with E-state index in [9.17, 15) is 14.4 Å². The summed E-state index contributed by atoms with van der Waals surface area (Å²) >= 11 is 0. The molecule has 0 aliphatic carbocycles. The fraction of sp³-hybridized carbons (Fsp3) is 0.238. The summed E-state index contributed by atoms with van der Waals surface area (Å²) in [5, 5.41) is 10.7. The number of aromatic nitrogens is 1. The molecule has 0 fully saturated rings. The van der Waals surface area contributed by atoms with E-state index in [4.69, 9.17) is 0 Å². The van der Waals surface area contributed by atoms with Crippen molar-refractivity contribution in [1.29, 1.82) is 5.26 Å². The van der Waals surface area contributed by atoms with Gasteiger partial charge in [-0.15, -0.1) is 0 Å². The van der Waals surface area contributed by atoms with Crippen molar-refractivity contribution in [2.24, 2.45) is 0 Å². The lowest BCUT2D eigenvalue weighted by atomic mass is 9.78. The number of aryl methyl sites for hydroxylation is 2. The Balaban J connectivity index is 2.07. The van der Waals surface area contributed by atoms with E-state index in [0.29, 0.717) is 17.5 Å². The Labute approximate surface area is 145 Å². The zero-order valence-electron chi connectivity index (χ0n) is 14.5. The molecule has 0 bridgehead atoms. The molecule has 3 rings (SSSR count). The van der Waals surface area contributed by atoms with Gasteiger partial charge < -0.3 is 4.98 Å². The second-order valence-electron chi connectivity index (χ2n) is 6.84. The molecule has 0 amide bonds. The van der Waals surface area contributed by atoms with E-state index in [1.807, 2.05) is 44.2 Å². The summed E-state index contributed by atoms with van der Waals surface area (Å²) in [5.41, 5.74) is 2.79. The van der Waals surface area contributed by atoms with Crippen molar-refractivity contribution in [3.05, 3.63) is 80.9 Å². The van der Waals surface area contributed by atoms with E-state index in [1.54, 1.807) is 6.92 Å². The van der Waals surface area contributed by atoms with Gasteiger partial charge in [0.2, 0.25) is 0 Å². The van der Waals surface area contributed by atoms with Gasteiger partial charge in [0.05, 0.1) is 11.5 Å². The minimum atomic E-state index is -0.823. The van der Waals surface area contributed by atoms with Crippen LogP contribution in [0.5, 0.6) is 0 Å². The van der Waals surface area contributed by atoms with Crippen LogP contribution in [0.15, 0.2) is 47.3 Å². The Bertz CT molecular complexity index is 1040. The molecule has 25 heavy (non-hydrogen) atoms. The zero-order chi connectivity index (χ0) is 18.2. The molecule has 4 heteroatoms. The standard InChI is InChI=1S/C21H19FN2O/c1-13-6-15(9-18(22)7-13)11-21(3,12-23)17-5-4-16-8-14(2)20(25)24-19(16)10-17/h4-10H,11H2,1-3H3,(H,24,25). The van der Waals surface area contributed by atoms with Crippen LogP contribution in [0.25, 0.3) is 10.9 Å². The van der Waals surface area contributed by atoms with Crippen LogP contribution in [0.4, 0.5) is 4.39 Å². The minimum absolute atomic E-state index is 0.135. The SMILES string of the molecule is Cc1cc(F)cc(CC(C)(C#N)c2ccc3cc(C)c(=O)[nH]c3c2)c1. The van der Waals surface area contributed by atoms with Crippen molar-refractivity contribution >= 4 is 10.9 Å². The number of aromatic amines is 1. The lowest BCUT2D eigenvalue weighted by molar-refractivity contribution is 0.593. The average molecular weight is 334 g/mol. The molecule has 0 saturated heterocycles. The van der Waals surface area contributed by atoms with E-state index in [-0.39, 0.29) is 11.4 Å². The summed E-state index contributed by atoms with van der Waals surface area (Å²) in [6, 6.07) is 14.7. The van der Waals surface area contributed by atoms with Crippen LogP contribution < -0.4 is 5.56 Å². The Kier molecular flexibility index (Phi) is 4.18. The van der Waals surface area contributed by atoms with Crippen LogP contribution in [0, 0.1) is 31.0 Å². The molecule has 1 unspecified atom stereocenters. The van der Waals surface area contributed by atoms with Crippen LogP contribution in [-0.4, -0.2) is 4.98 Å². The number of halogens is 1. The van der Waals surface area contributed by atoms with Crippen LogP contribution >= 0.6 is 0 Å². The first-order chi connectivity index (χ1) is 11.8. The predicted octanol–water partition coefficient (Wildman–Crippen LogP) is 4.31. The van der Waals surface area contributed by atoms with Gasteiger partial charge in [0, 0.05) is 11.1 Å². The van der Waals surface area contributed by atoms with Crippen LogP contribution in [0.1, 0.15) is 29.2 Å². The number of nitriles is 1. The number of hydrogen-bond acceptors (Lipinski definition) is 2. The van der Waals surface area contributed by atoms with Crippen molar-refractivity contribution in [3.63, 3.8) is 0 Å². The molecule has 0 spiro atoms. The third-order valence-corrected chi connectivity index (χ3v) is 4.58. The van der Waals surface area contributed by atoms with Crippen molar-refractivity contribution < 1.29 is 4.39 Å². The first-order valence-electron chi connectivity index (χ1n) is 8.12. The normalized spacial score (nSPS) is 13.4. The summed E-state index contributed by atoms with van der Waals surface area (Å²) in [4.78, 5) is 14.7. The molecule has 126 valence electrons. The number of rotatable bonds is 3. The van der Waals surface area contributed by atoms with E-state index >= 15 is 0 Å². The van der Waals surface area contributed by atoms with Gasteiger partial charge in [0.1, 0.15) is 5.82 Å².